The smallest absolute Gasteiger partial charge is 0.0926 e. The van der Waals surface area contributed by atoms with Crippen LogP contribution in [0.15, 0.2) is 5.38 Å². The molecule has 0 radical (unpaired) electrons. The zero-order chi connectivity index (χ0) is 13.5. The molecule has 1 aliphatic heterocycles. The largest absolute Gasteiger partial charge is 0.317 e. The molecule has 0 unspecified atom stereocenters. The van der Waals surface area contributed by atoms with Crippen LogP contribution in [0.2, 0.25) is 0 Å². The molecule has 0 spiro atoms. The summed E-state index contributed by atoms with van der Waals surface area (Å²) < 4.78 is 0. The van der Waals surface area contributed by atoms with Gasteiger partial charge in [-0.1, -0.05) is 13.8 Å². The van der Waals surface area contributed by atoms with Crippen molar-refractivity contribution in [3.05, 3.63) is 16.1 Å². The number of rotatable bonds is 7. The van der Waals surface area contributed by atoms with Crippen molar-refractivity contribution >= 4 is 11.3 Å². The first-order valence-electron chi connectivity index (χ1n) is 7.68. The molecule has 1 aromatic heterocycles. The third kappa shape index (κ3) is 4.86. The maximum atomic E-state index is 4.71. The molecule has 19 heavy (non-hydrogen) atoms. The van der Waals surface area contributed by atoms with Crippen LogP contribution in [0.25, 0.3) is 0 Å². The number of hydrogen-bond donors (Lipinski definition) is 1. The van der Waals surface area contributed by atoms with Crippen LogP contribution in [0.4, 0.5) is 0 Å². The van der Waals surface area contributed by atoms with E-state index >= 15 is 0 Å². The highest BCUT2D eigenvalue weighted by molar-refractivity contribution is 7.09. The Morgan fingerprint density at radius 2 is 2.16 bits per heavy atom. The van der Waals surface area contributed by atoms with Crippen LogP contribution in [0.3, 0.4) is 0 Å². The number of hydrogen-bond acceptors (Lipinski definition) is 4. The van der Waals surface area contributed by atoms with Crippen LogP contribution in [-0.2, 0) is 13.0 Å². The van der Waals surface area contributed by atoms with E-state index < -0.39 is 0 Å². The molecule has 0 aliphatic carbocycles. The molecule has 1 aromatic rings. The van der Waals surface area contributed by atoms with E-state index in [1.165, 1.54) is 56.1 Å². The standard InChI is InChI=1S/C15H27N3S/c1-3-9-18(10-13-5-7-16-8-6-13)11-14-12-19-15(4-2)17-14/h12-13,16H,3-11H2,1-2H3. The van der Waals surface area contributed by atoms with Crippen LogP contribution in [0, 0.1) is 5.92 Å². The Balaban J connectivity index is 1.87. The third-order valence-corrected chi connectivity index (χ3v) is 4.84. The number of aryl methyl sites for hydroxylation is 1. The van der Waals surface area contributed by atoms with Crippen molar-refractivity contribution in [2.75, 3.05) is 26.2 Å². The molecule has 108 valence electrons. The van der Waals surface area contributed by atoms with Crippen molar-refractivity contribution in [1.82, 2.24) is 15.2 Å². The summed E-state index contributed by atoms with van der Waals surface area (Å²) in [6, 6.07) is 0. The Bertz CT molecular complexity index is 358. The summed E-state index contributed by atoms with van der Waals surface area (Å²) in [5.41, 5.74) is 1.27. The molecule has 2 rings (SSSR count). The van der Waals surface area contributed by atoms with Gasteiger partial charge in [-0.3, -0.25) is 4.90 Å². The zero-order valence-corrected chi connectivity index (χ0v) is 13.1. The van der Waals surface area contributed by atoms with Crippen molar-refractivity contribution in [1.29, 1.82) is 0 Å². The number of nitrogens with one attached hydrogen (secondary N) is 1. The fourth-order valence-corrected chi connectivity index (χ4v) is 3.53. The lowest BCUT2D eigenvalue weighted by Crippen LogP contribution is -2.36. The van der Waals surface area contributed by atoms with Crippen LogP contribution < -0.4 is 5.32 Å². The average molecular weight is 281 g/mol. The predicted molar refractivity (Wildman–Crippen MR) is 82.7 cm³/mol. The predicted octanol–water partition coefficient (Wildman–Crippen LogP) is 2.92. The first kappa shape index (κ1) is 14.9. The molecule has 1 saturated heterocycles. The summed E-state index contributed by atoms with van der Waals surface area (Å²) in [4.78, 5) is 7.31. The molecular formula is C15H27N3S. The lowest BCUT2D eigenvalue weighted by Gasteiger charge is -2.29. The van der Waals surface area contributed by atoms with Gasteiger partial charge in [-0.05, 0) is 51.2 Å². The molecule has 1 fully saturated rings. The quantitative estimate of drug-likeness (QED) is 0.833. The molecule has 0 saturated carbocycles. The first-order chi connectivity index (χ1) is 9.31. The van der Waals surface area contributed by atoms with Gasteiger partial charge >= 0.3 is 0 Å². The number of thiazole rings is 1. The maximum Gasteiger partial charge on any atom is 0.0926 e. The van der Waals surface area contributed by atoms with Crippen molar-refractivity contribution < 1.29 is 0 Å². The average Bonchev–Trinajstić information content (AvgIpc) is 2.88. The van der Waals surface area contributed by atoms with E-state index in [0.29, 0.717) is 0 Å². The fraction of sp³-hybridized carbons (Fsp3) is 0.800. The maximum absolute atomic E-state index is 4.71. The Hall–Kier alpha value is -0.450. The summed E-state index contributed by atoms with van der Waals surface area (Å²) in [6.07, 6.45) is 4.96. The summed E-state index contributed by atoms with van der Waals surface area (Å²) in [7, 11) is 0. The van der Waals surface area contributed by atoms with Crippen LogP contribution in [-0.4, -0.2) is 36.1 Å². The SMILES string of the molecule is CCCN(Cc1csc(CC)n1)CC1CCNCC1. The summed E-state index contributed by atoms with van der Waals surface area (Å²) >= 11 is 1.81. The van der Waals surface area contributed by atoms with Crippen LogP contribution >= 0.6 is 11.3 Å². The van der Waals surface area contributed by atoms with Gasteiger partial charge in [0.15, 0.2) is 0 Å². The van der Waals surface area contributed by atoms with E-state index in [-0.39, 0.29) is 0 Å². The lowest BCUT2D eigenvalue weighted by atomic mass is 9.97. The number of piperidine rings is 1. The van der Waals surface area contributed by atoms with Gasteiger partial charge in [0.25, 0.3) is 0 Å². The van der Waals surface area contributed by atoms with Crippen molar-refractivity contribution in [2.45, 2.75) is 46.1 Å². The second-order valence-corrected chi connectivity index (χ2v) is 6.46. The molecule has 4 heteroatoms. The van der Waals surface area contributed by atoms with E-state index in [4.69, 9.17) is 4.98 Å². The Kier molecular flexibility index (Phi) is 6.28. The van der Waals surface area contributed by atoms with Gasteiger partial charge in [0.05, 0.1) is 10.7 Å². The second-order valence-electron chi connectivity index (χ2n) is 5.51. The molecule has 0 atom stereocenters. The number of aromatic nitrogens is 1. The summed E-state index contributed by atoms with van der Waals surface area (Å²) in [5.74, 6) is 0.872. The van der Waals surface area contributed by atoms with Crippen molar-refractivity contribution in [2.24, 2.45) is 5.92 Å². The van der Waals surface area contributed by atoms with Crippen LogP contribution in [0.5, 0.6) is 0 Å². The van der Waals surface area contributed by atoms with Crippen molar-refractivity contribution in [3.63, 3.8) is 0 Å². The summed E-state index contributed by atoms with van der Waals surface area (Å²) in [6.45, 7) is 10.3. The lowest BCUT2D eigenvalue weighted by molar-refractivity contribution is 0.197. The van der Waals surface area contributed by atoms with Gasteiger partial charge in [-0.2, -0.15) is 0 Å². The topological polar surface area (TPSA) is 28.2 Å². The molecular weight excluding hydrogens is 254 g/mol. The van der Waals surface area contributed by atoms with Gasteiger partial charge in [-0.15, -0.1) is 11.3 Å². The summed E-state index contributed by atoms with van der Waals surface area (Å²) in [5, 5.41) is 6.96. The third-order valence-electron chi connectivity index (χ3n) is 3.80. The monoisotopic (exact) mass is 281 g/mol. The van der Waals surface area contributed by atoms with Crippen LogP contribution in [0.1, 0.15) is 43.8 Å². The molecule has 1 aliphatic rings. The van der Waals surface area contributed by atoms with E-state index in [2.05, 4.69) is 29.4 Å². The fourth-order valence-electron chi connectivity index (χ4n) is 2.79. The van der Waals surface area contributed by atoms with Crippen molar-refractivity contribution in [3.8, 4) is 0 Å². The molecule has 0 amide bonds. The normalized spacial score (nSPS) is 17.2. The second kappa shape index (κ2) is 7.98. The highest BCUT2D eigenvalue weighted by Gasteiger charge is 2.17. The first-order valence-corrected chi connectivity index (χ1v) is 8.56. The number of nitrogens with zero attached hydrogens (tertiary/aromatic N) is 2. The Morgan fingerprint density at radius 3 is 2.79 bits per heavy atom. The van der Waals surface area contributed by atoms with Gasteiger partial charge in [0.1, 0.15) is 0 Å². The van der Waals surface area contributed by atoms with E-state index in [9.17, 15) is 0 Å². The molecule has 1 N–H and O–H groups in total. The molecule has 3 nitrogen and oxygen atoms in total. The van der Waals surface area contributed by atoms with E-state index in [1.807, 2.05) is 11.3 Å². The Labute approximate surface area is 121 Å². The molecule has 2 heterocycles. The minimum absolute atomic E-state index is 0.872. The minimum Gasteiger partial charge on any atom is -0.317 e. The van der Waals surface area contributed by atoms with E-state index in [1.54, 1.807) is 0 Å². The van der Waals surface area contributed by atoms with Gasteiger partial charge < -0.3 is 5.32 Å². The zero-order valence-electron chi connectivity index (χ0n) is 12.3. The van der Waals surface area contributed by atoms with E-state index in [0.717, 1.165) is 18.9 Å². The van der Waals surface area contributed by atoms with Gasteiger partial charge in [0, 0.05) is 18.5 Å². The Morgan fingerprint density at radius 1 is 1.37 bits per heavy atom. The molecule has 0 bridgehead atoms. The highest BCUT2D eigenvalue weighted by Crippen LogP contribution is 2.17. The van der Waals surface area contributed by atoms with Gasteiger partial charge in [-0.25, -0.2) is 4.98 Å². The molecule has 0 aromatic carbocycles. The highest BCUT2D eigenvalue weighted by atomic mass is 32.1. The van der Waals surface area contributed by atoms with Gasteiger partial charge in [0.2, 0.25) is 0 Å². The minimum atomic E-state index is 0.872.